The van der Waals surface area contributed by atoms with Crippen LogP contribution in [0.1, 0.15) is 32.2 Å². The number of aryl methyl sites for hydroxylation is 2. The van der Waals surface area contributed by atoms with Crippen LogP contribution < -0.4 is 10.6 Å². The fraction of sp³-hybridized carbons (Fsp3) is 0.333. The first-order valence-electron chi connectivity index (χ1n) is 7.86. The number of anilines is 1. The summed E-state index contributed by atoms with van der Waals surface area (Å²) in [6.45, 7) is 9.11. The van der Waals surface area contributed by atoms with Crippen LogP contribution in [0.3, 0.4) is 0 Å². The Kier molecular flexibility index (Phi) is 5.79. The van der Waals surface area contributed by atoms with E-state index in [4.69, 9.17) is 0 Å². The summed E-state index contributed by atoms with van der Waals surface area (Å²) in [5.74, 6) is -0.329. The lowest BCUT2D eigenvalue weighted by Gasteiger charge is -2.17. The molecule has 1 aromatic heterocycles. The number of hydrogen-bond donors (Lipinski definition) is 2. The van der Waals surface area contributed by atoms with E-state index in [1.165, 1.54) is 11.8 Å². The number of nitrogens with zero attached hydrogens (tertiary/aromatic N) is 2. The fourth-order valence-corrected chi connectivity index (χ4v) is 2.77. The number of carbonyl (C=O) groups excluding carboxylic acids is 2. The maximum Gasteiger partial charge on any atom is 0.325 e. The van der Waals surface area contributed by atoms with Crippen molar-refractivity contribution >= 4 is 29.4 Å². The molecule has 0 bridgehead atoms. The van der Waals surface area contributed by atoms with Crippen LogP contribution in [0.5, 0.6) is 0 Å². The Balaban J connectivity index is 1.97. The minimum Gasteiger partial charge on any atom is -0.308 e. The minimum atomic E-state index is -0.621. The van der Waals surface area contributed by atoms with E-state index in [2.05, 4.69) is 20.6 Å². The van der Waals surface area contributed by atoms with Crippen LogP contribution in [0.15, 0.2) is 40.4 Å². The number of benzene rings is 1. The molecule has 3 amide bonds. The van der Waals surface area contributed by atoms with Crippen molar-refractivity contribution in [2.45, 2.75) is 44.7 Å². The van der Waals surface area contributed by atoms with Gasteiger partial charge in [-0.1, -0.05) is 20.8 Å². The summed E-state index contributed by atoms with van der Waals surface area (Å²) < 4.78 is 0. The lowest BCUT2D eigenvalue weighted by Crippen LogP contribution is -2.41. The number of amides is 3. The van der Waals surface area contributed by atoms with Crippen LogP contribution in [0.4, 0.5) is 10.5 Å². The summed E-state index contributed by atoms with van der Waals surface area (Å²) in [4.78, 5) is 33.4. The zero-order valence-corrected chi connectivity index (χ0v) is 15.8. The molecule has 6 nitrogen and oxygen atoms in total. The molecule has 2 rings (SSSR count). The fourth-order valence-electron chi connectivity index (χ4n) is 1.90. The van der Waals surface area contributed by atoms with E-state index in [0.29, 0.717) is 10.8 Å². The normalized spacial score (nSPS) is 11.1. The number of urea groups is 1. The molecule has 1 aromatic carbocycles. The topological polar surface area (TPSA) is 84.0 Å². The van der Waals surface area contributed by atoms with E-state index in [9.17, 15) is 9.59 Å². The van der Waals surface area contributed by atoms with Crippen LogP contribution in [0.2, 0.25) is 0 Å². The van der Waals surface area contributed by atoms with Crippen molar-refractivity contribution in [1.29, 1.82) is 0 Å². The molecule has 0 atom stereocenters. The Hall–Kier alpha value is -2.41. The predicted octanol–water partition coefficient (Wildman–Crippen LogP) is 3.94. The Morgan fingerprint density at radius 1 is 1.00 bits per heavy atom. The number of rotatable bonds is 3. The van der Waals surface area contributed by atoms with Crippen molar-refractivity contribution in [3.8, 4) is 0 Å². The first-order chi connectivity index (χ1) is 11.6. The summed E-state index contributed by atoms with van der Waals surface area (Å²) in [6.07, 6.45) is 0. The van der Waals surface area contributed by atoms with Crippen LogP contribution in [-0.2, 0) is 4.79 Å². The number of carbonyl (C=O) groups is 2. The predicted molar refractivity (Wildman–Crippen MR) is 98.7 cm³/mol. The number of nitrogens with one attached hydrogen (secondary N) is 2. The van der Waals surface area contributed by atoms with Crippen molar-refractivity contribution in [3.05, 3.63) is 41.7 Å². The van der Waals surface area contributed by atoms with Crippen LogP contribution in [-0.4, -0.2) is 21.9 Å². The molecule has 132 valence electrons. The highest BCUT2D eigenvalue weighted by Crippen LogP contribution is 2.26. The Labute approximate surface area is 151 Å². The van der Waals surface area contributed by atoms with Crippen molar-refractivity contribution in [1.82, 2.24) is 15.3 Å². The van der Waals surface area contributed by atoms with Crippen LogP contribution in [0, 0.1) is 19.3 Å². The average molecular weight is 358 g/mol. The molecule has 1 heterocycles. The van der Waals surface area contributed by atoms with Crippen molar-refractivity contribution in [3.63, 3.8) is 0 Å². The SMILES string of the molecule is Cc1cc(C)nc(Sc2ccc(NC(=O)NC(=O)C(C)(C)C)cc2)n1. The monoisotopic (exact) mass is 358 g/mol. The molecule has 0 spiro atoms. The highest BCUT2D eigenvalue weighted by Gasteiger charge is 2.23. The lowest BCUT2D eigenvalue weighted by atomic mass is 9.96. The minimum absolute atomic E-state index is 0.329. The van der Waals surface area contributed by atoms with Gasteiger partial charge in [-0.05, 0) is 55.9 Å². The van der Waals surface area contributed by atoms with E-state index < -0.39 is 11.4 Å². The van der Waals surface area contributed by atoms with E-state index in [1.807, 2.05) is 32.0 Å². The van der Waals surface area contributed by atoms with E-state index in [1.54, 1.807) is 32.9 Å². The third kappa shape index (κ3) is 5.86. The van der Waals surface area contributed by atoms with Gasteiger partial charge in [-0.25, -0.2) is 14.8 Å². The molecule has 25 heavy (non-hydrogen) atoms. The van der Waals surface area contributed by atoms with E-state index in [-0.39, 0.29) is 5.91 Å². The van der Waals surface area contributed by atoms with Crippen LogP contribution >= 0.6 is 11.8 Å². The Bertz CT molecular complexity index is 762. The van der Waals surface area contributed by atoms with E-state index >= 15 is 0 Å². The average Bonchev–Trinajstić information content (AvgIpc) is 2.47. The van der Waals surface area contributed by atoms with Crippen molar-refractivity contribution in [2.75, 3.05) is 5.32 Å². The maximum absolute atomic E-state index is 11.9. The molecule has 2 aromatic rings. The third-order valence-corrected chi connectivity index (χ3v) is 4.06. The summed E-state index contributed by atoms with van der Waals surface area (Å²) in [5, 5.41) is 5.65. The van der Waals surface area contributed by atoms with Crippen molar-refractivity contribution in [2.24, 2.45) is 5.41 Å². The first kappa shape index (κ1) is 18.9. The van der Waals surface area contributed by atoms with Gasteiger partial charge in [-0.3, -0.25) is 10.1 Å². The van der Waals surface area contributed by atoms with Gasteiger partial charge in [0.1, 0.15) is 0 Å². The quantitative estimate of drug-likeness (QED) is 0.812. The molecule has 0 aliphatic carbocycles. The molecule has 0 saturated carbocycles. The molecule has 0 unspecified atom stereocenters. The smallest absolute Gasteiger partial charge is 0.308 e. The highest BCUT2D eigenvalue weighted by atomic mass is 32.2. The second-order valence-corrected chi connectivity index (χ2v) is 7.76. The molecular weight excluding hydrogens is 336 g/mol. The van der Waals surface area contributed by atoms with Gasteiger partial charge in [0.2, 0.25) is 5.91 Å². The zero-order valence-electron chi connectivity index (χ0n) is 15.0. The summed E-state index contributed by atoms with van der Waals surface area (Å²) in [6, 6.07) is 8.66. The van der Waals surface area contributed by atoms with Gasteiger partial charge in [-0.2, -0.15) is 0 Å². The molecule has 0 fully saturated rings. The van der Waals surface area contributed by atoms with Crippen LogP contribution in [0.25, 0.3) is 0 Å². The van der Waals surface area contributed by atoms with Gasteiger partial charge >= 0.3 is 6.03 Å². The number of imide groups is 1. The lowest BCUT2D eigenvalue weighted by molar-refractivity contribution is -0.127. The first-order valence-corrected chi connectivity index (χ1v) is 8.68. The second kappa shape index (κ2) is 7.65. The van der Waals surface area contributed by atoms with Gasteiger partial charge in [-0.15, -0.1) is 0 Å². The maximum atomic E-state index is 11.9. The Morgan fingerprint density at radius 3 is 2.08 bits per heavy atom. The summed E-state index contributed by atoms with van der Waals surface area (Å²) in [7, 11) is 0. The largest absolute Gasteiger partial charge is 0.325 e. The standard InChI is InChI=1S/C18H22N4O2S/c1-11-10-12(2)20-17(19-11)25-14-8-6-13(7-9-14)21-16(24)22-15(23)18(3,4)5/h6-10H,1-5H3,(H2,21,22,23,24). The Morgan fingerprint density at radius 2 is 1.56 bits per heavy atom. The molecular formula is C18H22N4O2S. The van der Waals surface area contributed by atoms with Crippen molar-refractivity contribution < 1.29 is 9.59 Å². The highest BCUT2D eigenvalue weighted by molar-refractivity contribution is 7.99. The molecule has 7 heteroatoms. The second-order valence-electron chi connectivity index (χ2n) is 6.72. The molecule has 0 saturated heterocycles. The number of aromatic nitrogens is 2. The van der Waals surface area contributed by atoms with E-state index in [0.717, 1.165) is 16.3 Å². The molecule has 0 radical (unpaired) electrons. The van der Waals surface area contributed by atoms with Gasteiger partial charge in [0.25, 0.3) is 0 Å². The van der Waals surface area contributed by atoms with Gasteiger partial charge in [0.05, 0.1) is 0 Å². The van der Waals surface area contributed by atoms with Gasteiger partial charge < -0.3 is 5.32 Å². The summed E-state index contributed by atoms with van der Waals surface area (Å²) >= 11 is 1.45. The zero-order chi connectivity index (χ0) is 18.6. The summed E-state index contributed by atoms with van der Waals surface area (Å²) in [5.41, 5.74) is 1.83. The third-order valence-electron chi connectivity index (χ3n) is 3.19. The van der Waals surface area contributed by atoms with Gasteiger partial charge in [0, 0.05) is 27.4 Å². The molecule has 2 N–H and O–H groups in total. The number of hydrogen-bond acceptors (Lipinski definition) is 5. The van der Waals surface area contributed by atoms with Gasteiger partial charge in [0.15, 0.2) is 5.16 Å². The molecule has 0 aliphatic heterocycles. The molecule has 0 aliphatic rings.